The van der Waals surface area contributed by atoms with Crippen molar-refractivity contribution in [2.75, 3.05) is 45.9 Å². The lowest BCUT2D eigenvalue weighted by Crippen LogP contribution is -2.52. The van der Waals surface area contributed by atoms with Crippen molar-refractivity contribution in [3.05, 3.63) is 18.5 Å². The van der Waals surface area contributed by atoms with Gasteiger partial charge in [-0.25, -0.2) is 0 Å². The van der Waals surface area contributed by atoms with Gasteiger partial charge in [0.05, 0.1) is 19.8 Å². The van der Waals surface area contributed by atoms with Crippen LogP contribution in [0.3, 0.4) is 0 Å². The molecule has 1 aliphatic heterocycles. The first kappa shape index (κ1) is 18.7. The summed E-state index contributed by atoms with van der Waals surface area (Å²) in [5.74, 6) is 0.888. The third-order valence-corrected chi connectivity index (χ3v) is 4.25. The van der Waals surface area contributed by atoms with Crippen LogP contribution in [0, 0.1) is 0 Å². The van der Waals surface area contributed by atoms with Crippen LogP contribution < -0.4 is 10.6 Å². The van der Waals surface area contributed by atoms with Gasteiger partial charge in [-0.3, -0.25) is 14.6 Å². The highest BCUT2D eigenvalue weighted by molar-refractivity contribution is 5.79. The van der Waals surface area contributed by atoms with E-state index in [9.17, 15) is 0 Å². The Labute approximate surface area is 145 Å². The molecule has 0 aromatic carbocycles. The van der Waals surface area contributed by atoms with Crippen LogP contribution in [0.15, 0.2) is 23.5 Å². The Bertz CT molecular complexity index is 479. The van der Waals surface area contributed by atoms with E-state index in [0.717, 1.165) is 64.9 Å². The Morgan fingerprint density at radius 3 is 2.75 bits per heavy atom. The summed E-state index contributed by atoms with van der Waals surface area (Å²) in [7, 11) is 0. The number of guanidine groups is 1. The minimum Gasteiger partial charge on any atom is -0.379 e. The van der Waals surface area contributed by atoms with Gasteiger partial charge in [-0.2, -0.15) is 5.10 Å². The second kappa shape index (κ2) is 9.64. The summed E-state index contributed by atoms with van der Waals surface area (Å²) in [6.07, 6.45) is 4.82. The van der Waals surface area contributed by atoms with Crippen molar-refractivity contribution in [2.24, 2.45) is 4.99 Å². The van der Waals surface area contributed by atoms with Crippen molar-refractivity contribution in [2.45, 2.75) is 39.3 Å². The van der Waals surface area contributed by atoms with Gasteiger partial charge in [-0.1, -0.05) is 0 Å². The minimum absolute atomic E-state index is 0.0428. The Hall–Kier alpha value is -1.60. The Balaban J connectivity index is 1.78. The third kappa shape index (κ3) is 6.13. The van der Waals surface area contributed by atoms with E-state index < -0.39 is 0 Å². The number of aromatic nitrogens is 2. The van der Waals surface area contributed by atoms with Gasteiger partial charge in [0.15, 0.2) is 5.96 Å². The van der Waals surface area contributed by atoms with E-state index in [1.165, 1.54) is 0 Å². The maximum atomic E-state index is 5.45. The van der Waals surface area contributed by atoms with Crippen molar-refractivity contribution >= 4 is 5.96 Å². The van der Waals surface area contributed by atoms with Crippen molar-refractivity contribution in [3.8, 4) is 0 Å². The van der Waals surface area contributed by atoms with Crippen LogP contribution in [0.1, 0.15) is 27.2 Å². The molecule has 0 saturated carbocycles. The smallest absolute Gasteiger partial charge is 0.191 e. The Kier molecular flexibility index (Phi) is 7.52. The highest BCUT2D eigenvalue weighted by Gasteiger charge is 2.27. The first-order valence-corrected chi connectivity index (χ1v) is 8.94. The molecule has 0 atom stereocenters. The molecule has 1 aliphatic rings. The summed E-state index contributed by atoms with van der Waals surface area (Å²) in [5, 5.41) is 11.0. The number of ether oxygens (including phenoxy) is 1. The van der Waals surface area contributed by atoms with Crippen molar-refractivity contribution < 1.29 is 4.74 Å². The molecule has 2 heterocycles. The van der Waals surface area contributed by atoms with Crippen molar-refractivity contribution in [1.29, 1.82) is 0 Å². The average molecular weight is 336 g/mol. The monoisotopic (exact) mass is 336 g/mol. The molecule has 136 valence electrons. The topological polar surface area (TPSA) is 66.7 Å². The molecule has 7 heteroatoms. The SMILES string of the molecule is CCNC(=NCC(C)(C)N1CCOCC1)NCCCn1cccn1. The standard InChI is InChI=1S/C17H32N6O/c1-4-18-16(19-7-5-9-23-10-6-8-21-23)20-15-17(2,3)22-11-13-24-14-12-22/h6,8,10H,4-5,7,9,11-15H2,1-3H3,(H2,18,19,20). The Morgan fingerprint density at radius 2 is 2.08 bits per heavy atom. The largest absolute Gasteiger partial charge is 0.379 e. The average Bonchev–Trinajstić information content (AvgIpc) is 3.11. The van der Waals surface area contributed by atoms with Crippen LogP contribution in [-0.4, -0.2) is 72.1 Å². The van der Waals surface area contributed by atoms with Crippen molar-refractivity contribution in [1.82, 2.24) is 25.3 Å². The van der Waals surface area contributed by atoms with Crippen LogP contribution in [0.4, 0.5) is 0 Å². The van der Waals surface area contributed by atoms with E-state index in [-0.39, 0.29) is 5.54 Å². The summed E-state index contributed by atoms with van der Waals surface area (Å²) in [6, 6.07) is 1.95. The molecule has 1 saturated heterocycles. The molecule has 0 aliphatic carbocycles. The van der Waals surface area contributed by atoms with Gasteiger partial charge in [-0.15, -0.1) is 0 Å². The predicted molar refractivity (Wildman–Crippen MR) is 97.3 cm³/mol. The van der Waals surface area contributed by atoms with Crippen LogP contribution in [0.25, 0.3) is 0 Å². The molecule has 2 rings (SSSR count). The lowest BCUT2D eigenvalue weighted by Gasteiger charge is -2.39. The molecule has 2 N–H and O–H groups in total. The van der Waals surface area contributed by atoms with E-state index >= 15 is 0 Å². The van der Waals surface area contributed by atoms with Crippen LogP contribution in [-0.2, 0) is 11.3 Å². The van der Waals surface area contributed by atoms with Crippen LogP contribution >= 0.6 is 0 Å². The number of nitrogens with zero attached hydrogens (tertiary/aromatic N) is 4. The molecule has 0 bridgehead atoms. The Morgan fingerprint density at radius 1 is 1.29 bits per heavy atom. The minimum atomic E-state index is 0.0428. The molecule has 1 aromatic rings. The molecule has 7 nitrogen and oxygen atoms in total. The summed E-state index contributed by atoms with van der Waals surface area (Å²) in [5.41, 5.74) is 0.0428. The quantitative estimate of drug-likeness (QED) is 0.420. The fourth-order valence-corrected chi connectivity index (χ4v) is 2.76. The van der Waals surface area contributed by atoms with Crippen LogP contribution in [0.2, 0.25) is 0 Å². The molecule has 24 heavy (non-hydrogen) atoms. The summed E-state index contributed by atoms with van der Waals surface area (Å²) in [4.78, 5) is 7.24. The number of nitrogens with one attached hydrogen (secondary N) is 2. The van der Waals surface area contributed by atoms with Gasteiger partial charge >= 0.3 is 0 Å². The number of hydrogen-bond acceptors (Lipinski definition) is 4. The highest BCUT2D eigenvalue weighted by atomic mass is 16.5. The summed E-state index contributed by atoms with van der Waals surface area (Å²) >= 11 is 0. The number of aliphatic imine (C=N–C) groups is 1. The number of hydrogen-bond donors (Lipinski definition) is 2. The molecule has 0 amide bonds. The zero-order valence-electron chi connectivity index (χ0n) is 15.3. The van der Waals surface area contributed by atoms with E-state index in [0.29, 0.717) is 0 Å². The van der Waals surface area contributed by atoms with E-state index in [1.807, 2.05) is 23.1 Å². The number of rotatable bonds is 8. The zero-order chi connectivity index (χ0) is 17.3. The van der Waals surface area contributed by atoms with E-state index in [2.05, 4.69) is 41.4 Å². The first-order valence-electron chi connectivity index (χ1n) is 8.94. The molecular weight excluding hydrogens is 304 g/mol. The summed E-state index contributed by atoms with van der Waals surface area (Å²) < 4.78 is 7.40. The highest BCUT2D eigenvalue weighted by Crippen LogP contribution is 2.16. The molecular formula is C17H32N6O. The maximum Gasteiger partial charge on any atom is 0.191 e. The van der Waals surface area contributed by atoms with Crippen molar-refractivity contribution in [3.63, 3.8) is 0 Å². The number of aryl methyl sites for hydroxylation is 1. The van der Waals surface area contributed by atoms with Crippen LogP contribution in [0.5, 0.6) is 0 Å². The van der Waals surface area contributed by atoms with Gasteiger partial charge in [0.1, 0.15) is 0 Å². The second-order valence-electron chi connectivity index (χ2n) is 6.66. The van der Waals surface area contributed by atoms with Gasteiger partial charge in [0.25, 0.3) is 0 Å². The van der Waals surface area contributed by atoms with E-state index in [4.69, 9.17) is 9.73 Å². The fourth-order valence-electron chi connectivity index (χ4n) is 2.76. The first-order chi connectivity index (χ1) is 11.6. The third-order valence-electron chi connectivity index (χ3n) is 4.25. The zero-order valence-corrected chi connectivity index (χ0v) is 15.3. The molecule has 1 fully saturated rings. The van der Waals surface area contributed by atoms with E-state index in [1.54, 1.807) is 0 Å². The lowest BCUT2D eigenvalue weighted by atomic mass is 10.0. The van der Waals surface area contributed by atoms with Gasteiger partial charge < -0.3 is 15.4 Å². The summed E-state index contributed by atoms with van der Waals surface area (Å²) in [6.45, 7) is 13.6. The normalized spacial score (nSPS) is 17.0. The molecule has 1 aromatic heterocycles. The fraction of sp³-hybridized carbons (Fsp3) is 0.765. The van der Waals surface area contributed by atoms with Gasteiger partial charge in [0.2, 0.25) is 0 Å². The lowest BCUT2D eigenvalue weighted by molar-refractivity contribution is -0.00683. The van der Waals surface area contributed by atoms with Gasteiger partial charge in [0, 0.05) is 50.7 Å². The second-order valence-corrected chi connectivity index (χ2v) is 6.66. The van der Waals surface area contributed by atoms with Gasteiger partial charge in [-0.05, 0) is 33.3 Å². The molecule has 0 spiro atoms. The maximum absolute atomic E-state index is 5.45. The molecule has 0 unspecified atom stereocenters. The predicted octanol–water partition coefficient (Wildman–Crippen LogP) is 0.939. The number of morpholine rings is 1. The molecule has 0 radical (unpaired) electrons.